The summed E-state index contributed by atoms with van der Waals surface area (Å²) < 4.78 is 10.2. The molecule has 7 heteroatoms. The first-order valence-electron chi connectivity index (χ1n) is 5.54. The van der Waals surface area contributed by atoms with Crippen LogP contribution >= 0.6 is 0 Å². The molecule has 2 aromatic rings. The molecule has 0 saturated carbocycles. The van der Waals surface area contributed by atoms with Gasteiger partial charge in [-0.3, -0.25) is 9.59 Å². The molecule has 1 saturated heterocycles. The lowest BCUT2D eigenvalue weighted by Gasteiger charge is -2.09. The van der Waals surface area contributed by atoms with Crippen LogP contribution < -0.4 is 4.90 Å². The van der Waals surface area contributed by atoms with Gasteiger partial charge in [0.2, 0.25) is 29.1 Å². The van der Waals surface area contributed by atoms with Gasteiger partial charge in [-0.05, 0) is 12.1 Å². The molecular formula is C12H9NO6. The summed E-state index contributed by atoms with van der Waals surface area (Å²) in [6, 6.07) is 3.08. The minimum Gasteiger partial charge on any atom is -0.501 e. The number of imide groups is 1. The predicted octanol–water partition coefficient (Wildman–Crippen LogP) is 1.60. The summed E-state index contributed by atoms with van der Waals surface area (Å²) >= 11 is 0. The molecule has 3 rings (SSSR count). The standard InChI is InChI=1S/C12H9NO6/c14-7-3-4-8(15)13(7)12-10(17)9(16)11(19-12)6-2-1-5-18-6/h1-2,5,16-17H,3-4H2. The van der Waals surface area contributed by atoms with Gasteiger partial charge in [0, 0.05) is 12.8 Å². The summed E-state index contributed by atoms with van der Waals surface area (Å²) in [6.45, 7) is 0. The molecule has 1 aliphatic heterocycles. The average molecular weight is 263 g/mol. The molecule has 0 aliphatic carbocycles. The molecule has 1 aliphatic rings. The smallest absolute Gasteiger partial charge is 0.256 e. The Bertz CT molecular complexity index is 638. The minimum atomic E-state index is -0.657. The number of furan rings is 2. The van der Waals surface area contributed by atoms with E-state index in [1.165, 1.54) is 12.3 Å². The summed E-state index contributed by atoms with van der Waals surface area (Å²) in [7, 11) is 0. The highest BCUT2D eigenvalue weighted by Gasteiger charge is 2.37. The van der Waals surface area contributed by atoms with Crippen LogP contribution in [-0.2, 0) is 9.59 Å². The number of hydrogen-bond acceptors (Lipinski definition) is 6. The number of rotatable bonds is 2. The van der Waals surface area contributed by atoms with Gasteiger partial charge < -0.3 is 19.0 Å². The first-order chi connectivity index (χ1) is 9.09. The van der Waals surface area contributed by atoms with Gasteiger partial charge >= 0.3 is 0 Å². The van der Waals surface area contributed by atoms with E-state index in [0.717, 1.165) is 4.90 Å². The zero-order valence-corrected chi connectivity index (χ0v) is 9.62. The van der Waals surface area contributed by atoms with Crippen molar-refractivity contribution in [1.82, 2.24) is 0 Å². The van der Waals surface area contributed by atoms with Crippen LogP contribution in [0.3, 0.4) is 0 Å². The van der Waals surface area contributed by atoms with Crippen LogP contribution in [0.1, 0.15) is 12.8 Å². The lowest BCUT2D eigenvalue weighted by Crippen LogP contribution is -2.28. The van der Waals surface area contributed by atoms with Gasteiger partial charge in [-0.25, -0.2) is 4.90 Å². The molecule has 0 atom stereocenters. The van der Waals surface area contributed by atoms with Crippen molar-refractivity contribution in [3.05, 3.63) is 18.4 Å². The zero-order chi connectivity index (χ0) is 13.6. The third-order valence-electron chi connectivity index (χ3n) is 2.84. The number of carbonyl (C=O) groups excluding carboxylic acids is 2. The first kappa shape index (κ1) is 11.4. The second kappa shape index (κ2) is 3.91. The molecule has 0 unspecified atom stereocenters. The Morgan fingerprint density at radius 2 is 1.79 bits per heavy atom. The van der Waals surface area contributed by atoms with E-state index in [1.54, 1.807) is 6.07 Å². The largest absolute Gasteiger partial charge is 0.501 e. The van der Waals surface area contributed by atoms with Crippen LogP contribution in [0, 0.1) is 0 Å². The van der Waals surface area contributed by atoms with E-state index in [1.807, 2.05) is 0 Å². The van der Waals surface area contributed by atoms with Crippen LogP contribution in [0.15, 0.2) is 27.2 Å². The molecule has 98 valence electrons. The number of amides is 2. The van der Waals surface area contributed by atoms with Gasteiger partial charge in [-0.1, -0.05) is 0 Å². The Morgan fingerprint density at radius 3 is 2.37 bits per heavy atom. The van der Waals surface area contributed by atoms with E-state index in [0.29, 0.717) is 0 Å². The highest BCUT2D eigenvalue weighted by Crippen LogP contribution is 2.47. The first-order valence-corrected chi connectivity index (χ1v) is 5.54. The molecule has 7 nitrogen and oxygen atoms in total. The fourth-order valence-corrected chi connectivity index (χ4v) is 1.93. The number of anilines is 1. The predicted molar refractivity (Wildman–Crippen MR) is 61.5 cm³/mol. The fourth-order valence-electron chi connectivity index (χ4n) is 1.93. The maximum absolute atomic E-state index is 11.6. The van der Waals surface area contributed by atoms with Crippen molar-refractivity contribution < 1.29 is 28.6 Å². The van der Waals surface area contributed by atoms with E-state index in [4.69, 9.17) is 8.83 Å². The highest BCUT2D eigenvalue weighted by atomic mass is 16.4. The normalized spacial score (nSPS) is 15.5. The number of nitrogens with zero attached hydrogens (tertiary/aromatic N) is 1. The number of hydrogen-bond donors (Lipinski definition) is 2. The molecular weight excluding hydrogens is 254 g/mol. The van der Waals surface area contributed by atoms with E-state index >= 15 is 0 Å². The van der Waals surface area contributed by atoms with Gasteiger partial charge in [-0.2, -0.15) is 0 Å². The van der Waals surface area contributed by atoms with E-state index in [9.17, 15) is 19.8 Å². The maximum Gasteiger partial charge on any atom is 0.256 e. The number of aromatic hydroxyl groups is 2. The molecule has 2 N–H and O–H groups in total. The zero-order valence-electron chi connectivity index (χ0n) is 9.62. The summed E-state index contributed by atoms with van der Waals surface area (Å²) in [5, 5.41) is 19.6. The molecule has 2 aromatic heterocycles. The van der Waals surface area contributed by atoms with Crippen molar-refractivity contribution in [2.75, 3.05) is 4.90 Å². The minimum absolute atomic E-state index is 0.0514. The summed E-state index contributed by atoms with van der Waals surface area (Å²) in [6.07, 6.45) is 1.46. The second-order valence-corrected chi connectivity index (χ2v) is 4.03. The topological polar surface area (TPSA) is 104 Å². The monoisotopic (exact) mass is 263 g/mol. The van der Waals surface area contributed by atoms with Gasteiger partial charge in [0.15, 0.2) is 5.76 Å². The van der Waals surface area contributed by atoms with Gasteiger partial charge in [-0.15, -0.1) is 0 Å². The molecule has 19 heavy (non-hydrogen) atoms. The lowest BCUT2D eigenvalue weighted by atomic mass is 10.3. The van der Waals surface area contributed by atoms with E-state index < -0.39 is 23.3 Å². The third kappa shape index (κ3) is 1.59. The average Bonchev–Trinajstić information content (AvgIpc) is 3.06. The second-order valence-electron chi connectivity index (χ2n) is 4.03. The van der Waals surface area contributed by atoms with E-state index in [2.05, 4.69) is 0 Å². The van der Waals surface area contributed by atoms with Crippen molar-refractivity contribution >= 4 is 17.7 Å². The van der Waals surface area contributed by atoms with Crippen LogP contribution in [0.4, 0.5) is 5.88 Å². The van der Waals surface area contributed by atoms with Crippen LogP contribution in [0.25, 0.3) is 11.5 Å². The Hall–Kier alpha value is -2.70. The van der Waals surface area contributed by atoms with Crippen LogP contribution in [0.5, 0.6) is 11.5 Å². The number of carbonyl (C=O) groups is 2. The van der Waals surface area contributed by atoms with Gasteiger partial charge in [0.25, 0.3) is 5.88 Å². The molecule has 0 spiro atoms. The van der Waals surface area contributed by atoms with Gasteiger partial charge in [0.1, 0.15) is 0 Å². The SMILES string of the molecule is O=C1CCC(=O)N1c1oc(-c2ccco2)c(O)c1O. The fraction of sp³-hybridized carbons (Fsp3) is 0.167. The van der Waals surface area contributed by atoms with Crippen molar-refractivity contribution in [1.29, 1.82) is 0 Å². The van der Waals surface area contributed by atoms with Crippen LogP contribution in [-0.4, -0.2) is 22.0 Å². The Kier molecular flexibility index (Phi) is 2.34. The highest BCUT2D eigenvalue weighted by molar-refractivity contribution is 6.20. The Balaban J connectivity index is 2.11. The van der Waals surface area contributed by atoms with Crippen molar-refractivity contribution in [3.8, 4) is 23.0 Å². The molecule has 2 amide bonds. The van der Waals surface area contributed by atoms with Gasteiger partial charge in [0.05, 0.1) is 6.26 Å². The van der Waals surface area contributed by atoms with Crippen molar-refractivity contribution in [2.24, 2.45) is 0 Å². The summed E-state index contributed by atoms with van der Waals surface area (Å²) in [4.78, 5) is 23.9. The Labute approximate surface area is 106 Å². The lowest BCUT2D eigenvalue weighted by molar-refractivity contribution is -0.121. The summed E-state index contributed by atoms with van der Waals surface area (Å²) in [5.41, 5.74) is 0. The Morgan fingerprint density at radius 1 is 1.11 bits per heavy atom. The van der Waals surface area contributed by atoms with Crippen molar-refractivity contribution in [3.63, 3.8) is 0 Å². The molecule has 0 aromatic carbocycles. The quantitative estimate of drug-likeness (QED) is 0.797. The third-order valence-corrected chi connectivity index (χ3v) is 2.84. The maximum atomic E-state index is 11.6. The molecule has 0 radical (unpaired) electrons. The summed E-state index contributed by atoms with van der Waals surface area (Å²) in [5.74, 6) is -2.54. The molecule has 0 bridgehead atoms. The molecule has 3 heterocycles. The van der Waals surface area contributed by atoms with Crippen LogP contribution in [0.2, 0.25) is 0 Å². The van der Waals surface area contributed by atoms with Crippen molar-refractivity contribution in [2.45, 2.75) is 12.8 Å². The van der Waals surface area contributed by atoms with E-state index in [-0.39, 0.29) is 30.2 Å². The molecule has 1 fully saturated rings.